The number of aryl methyl sites for hydroxylation is 2. The zero-order valence-electron chi connectivity index (χ0n) is 30.1. The van der Waals surface area contributed by atoms with Crippen LogP contribution in [0.3, 0.4) is 0 Å². The van der Waals surface area contributed by atoms with E-state index >= 15 is 0 Å². The minimum absolute atomic E-state index is 0.675. The Morgan fingerprint density at radius 3 is 1.44 bits per heavy atom. The highest BCUT2D eigenvalue weighted by Gasteiger charge is 2.18. The van der Waals surface area contributed by atoms with Crippen molar-refractivity contribution < 1.29 is 0 Å². The van der Waals surface area contributed by atoms with E-state index < -0.39 is 0 Å². The van der Waals surface area contributed by atoms with Crippen molar-refractivity contribution in [2.45, 2.75) is 13.8 Å². The van der Waals surface area contributed by atoms with Crippen LogP contribution in [0.1, 0.15) is 11.4 Å². The molecule has 0 radical (unpaired) electrons. The first kappa shape index (κ1) is 31.7. The molecule has 10 rings (SSSR count). The van der Waals surface area contributed by atoms with Gasteiger partial charge in [-0.2, -0.15) is 0 Å². The summed E-state index contributed by atoms with van der Waals surface area (Å²) >= 11 is 0. The number of pyridine rings is 1. The molecule has 0 aliphatic carbocycles. The molecule has 2 aromatic heterocycles. The van der Waals surface area contributed by atoms with Crippen LogP contribution in [0.4, 0.5) is 0 Å². The highest BCUT2D eigenvalue weighted by molar-refractivity contribution is 6.14. The lowest BCUT2D eigenvalue weighted by Gasteiger charge is -2.16. The number of aromatic nitrogens is 3. The largest absolute Gasteiger partial charge is 0.258 e. The zero-order valence-corrected chi connectivity index (χ0v) is 30.1. The average molecular weight is 690 g/mol. The maximum atomic E-state index is 5.42. The highest BCUT2D eigenvalue weighted by atomic mass is 14.9. The lowest BCUT2D eigenvalue weighted by Crippen LogP contribution is -1.98. The van der Waals surface area contributed by atoms with E-state index in [2.05, 4.69) is 183 Å². The number of hydrogen-bond donors (Lipinski definition) is 0. The lowest BCUT2D eigenvalue weighted by molar-refractivity contribution is 1.12. The molecular formula is C51H35N3. The predicted octanol–water partition coefficient (Wildman–Crippen LogP) is 13.4. The number of rotatable bonds is 5. The summed E-state index contributed by atoms with van der Waals surface area (Å²) in [5.74, 6) is 0.675. The molecule has 254 valence electrons. The fourth-order valence-electron chi connectivity index (χ4n) is 8.10. The third-order valence-electron chi connectivity index (χ3n) is 10.7. The van der Waals surface area contributed by atoms with Crippen molar-refractivity contribution >= 4 is 43.1 Å². The van der Waals surface area contributed by atoms with Crippen LogP contribution in [0.2, 0.25) is 0 Å². The molecule has 0 atom stereocenters. The standard InChI is InChI=1S/C51H35N3/c1-32-25-26-40(33(2)52-32)37-27-38(48-30-36-15-5-8-20-43(36)44-21-9-10-22-45(44)48)29-39(28-37)51-53-49(46-23-11-16-34-13-3-6-18-41(34)46)31-50(54-51)47-24-12-17-35-14-4-7-19-42(35)47/h3-31H,1-2H3. The van der Waals surface area contributed by atoms with Gasteiger partial charge >= 0.3 is 0 Å². The van der Waals surface area contributed by atoms with Gasteiger partial charge < -0.3 is 0 Å². The van der Waals surface area contributed by atoms with Gasteiger partial charge in [-0.05, 0) is 110 Å². The summed E-state index contributed by atoms with van der Waals surface area (Å²) < 4.78 is 0. The molecule has 10 aromatic rings. The summed E-state index contributed by atoms with van der Waals surface area (Å²) in [6.07, 6.45) is 0. The van der Waals surface area contributed by atoms with E-state index in [-0.39, 0.29) is 0 Å². The van der Waals surface area contributed by atoms with Gasteiger partial charge in [0.05, 0.1) is 11.4 Å². The summed E-state index contributed by atoms with van der Waals surface area (Å²) in [6.45, 7) is 4.14. The van der Waals surface area contributed by atoms with Crippen molar-refractivity contribution in [3.63, 3.8) is 0 Å². The van der Waals surface area contributed by atoms with Crippen LogP contribution in [0, 0.1) is 13.8 Å². The lowest BCUT2D eigenvalue weighted by atomic mass is 9.90. The van der Waals surface area contributed by atoms with Crippen LogP contribution >= 0.6 is 0 Å². The summed E-state index contributed by atoms with van der Waals surface area (Å²) in [6, 6.07) is 62.9. The normalized spacial score (nSPS) is 11.5. The summed E-state index contributed by atoms with van der Waals surface area (Å²) in [5.41, 5.74) is 11.3. The Labute approximate surface area is 314 Å². The quantitative estimate of drug-likeness (QED) is 0.169. The SMILES string of the molecule is Cc1ccc(-c2cc(-c3nc(-c4cccc5ccccc45)cc(-c4cccc5ccccc45)n3)cc(-c3cc4ccccc4c4ccccc34)c2)c(C)n1. The van der Waals surface area contributed by atoms with Gasteiger partial charge in [-0.1, -0.05) is 140 Å². The second-order valence-electron chi connectivity index (χ2n) is 14.1. The molecule has 54 heavy (non-hydrogen) atoms. The number of hydrogen-bond acceptors (Lipinski definition) is 3. The van der Waals surface area contributed by atoms with Crippen LogP contribution in [-0.2, 0) is 0 Å². The van der Waals surface area contributed by atoms with Gasteiger partial charge in [0.15, 0.2) is 5.82 Å². The Bertz CT molecular complexity index is 2980. The molecule has 0 unspecified atom stereocenters. The van der Waals surface area contributed by atoms with E-state index in [1.165, 1.54) is 37.9 Å². The first-order valence-electron chi connectivity index (χ1n) is 18.4. The van der Waals surface area contributed by atoms with E-state index in [4.69, 9.17) is 15.0 Å². The Hall–Kier alpha value is -6.97. The molecule has 0 spiro atoms. The summed E-state index contributed by atoms with van der Waals surface area (Å²) in [5, 5.41) is 9.57. The van der Waals surface area contributed by atoms with Crippen molar-refractivity contribution in [1.29, 1.82) is 0 Å². The molecule has 0 N–H and O–H groups in total. The third-order valence-corrected chi connectivity index (χ3v) is 10.7. The monoisotopic (exact) mass is 689 g/mol. The van der Waals surface area contributed by atoms with Crippen molar-refractivity contribution in [2.75, 3.05) is 0 Å². The second-order valence-corrected chi connectivity index (χ2v) is 14.1. The molecule has 0 fully saturated rings. The second kappa shape index (κ2) is 12.9. The summed E-state index contributed by atoms with van der Waals surface area (Å²) in [4.78, 5) is 15.7. The molecule has 3 heteroatoms. The Kier molecular flexibility index (Phi) is 7.59. The minimum atomic E-state index is 0.675. The van der Waals surface area contributed by atoms with Crippen LogP contribution < -0.4 is 0 Å². The van der Waals surface area contributed by atoms with Crippen LogP contribution in [0.5, 0.6) is 0 Å². The van der Waals surface area contributed by atoms with Gasteiger partial charge in [-0.15, -0.1) is 0 Å². The molecule has 0 saturated heterocycles. The molecule has 3 nitrogen and oxygen atoms in total. The van der Waals surface area contributed by atoms with E-state index in [9.17, 15) is 0 Å². The fourth-order valence-corrected chi connectivity index (χ4v) is 8.10. The van der Waals surface area contributed by atoms with E-state index in [1.807, 2.05) is 6.92 Å². The molecule has 8 aromatic carbocycles. The van der Waals surface area contributed by atoms with Gasteiger partial charge in [-0.3, -0.25) is 4.98 Å². The van der Waals surface area contributed by atoms with Gasteiger partial charge in [0.2, 0.25) is 0 Å². The first-order chi connectivity index (χ1) is 26.6. The van der Waals surface area contributed by atoms with Crippen LogP contribution in [0.25, 0.3) is 99.2 Å². The third kappa shape index (κ3) is 5.50. The Balaban J connectivity index is 1.28. The topological polar surface area (TPSA) is 38.7 Å². The molecule has 2 heterocycles. The first-order valence-corrected chi connectivity index (χ1v) is 18.4. The number of nitrogens with zero attached hydrogens (tertiary/aromatic N) is 3. The van der Waals surface area contributed by atoms with Crippen molar-refractivity contribution in [1.82, 2.24) is 15.0 Å². The average Bonchev–Trinajstić information content (AvgIpc) is 3.22. The predicted molar refractivity (Wildman–Crippen MR) is 227 cm³/mol. The number of benzene rings is 8. The van der Waals surface area contributed by atoms with Crippen molar-refractivity contribution in [3.05, 3.63) is 187 Å². The maximum absolute atomic E-state index is 5.42. The fraction of sp³-hybridized carbons (Fsp3) is 0.0392. The molecular weight excluding hydrogens is 655 g/mol. The van der Waals surface area contributed by atoms with Gasteiger partial charge in [0, 0.05) is 33.6 Å². The zero-order chi connectivity index (χ0) is 36.2. The summed E-state index contributed by atoms with van der Waals surface area (Å²) in [7, 11) is 0. The molecule has 0 aliphatic rings. The maximum Gasteiger partial charge on any atom is 0.160 e. The molecule has 0 saturated carbocycles. The molecule has 0 bridgehead atoms. The van der Waals surface area contributed by atoms with Gasteiger partial charge in [0.1, 0.15) is 0 Å². The van der Waals surface area contributed by atoms with Crippen molar-refractivity contribution in [2.24, 2.45) is 0 Å². The smallest absolute Gasteiger partial charge is 0.160 e. The van der Waals surface area contributed by atoms with E-state index in [0.29, 0.717) is 5.82 Å². The van der Waals surface area contributed by atoms with E-state index in [1.54, 1.807) is 0 Å². The molecule has 0 aliphatic heterocycles. The van der Waals surface area contributed by atoms with Crippen LogP contribution in [-0.4, -0.2) is 15.0 Å². The minimum Gasteiger partial charge on any atom is -0.258 e. The Morgan fingerprint density at radius 1 is 0.315 bits per heavy atom. The van der Waals surface area contributed by atoms with Gasteiger partial charge in [0.25, 0.3) is 0 Å². The number of fused-ring (bicyclic) bond motifs is 5. The van der Waals surface area contributed by atoms with Crippen LogP contribution in [0.15, 0.2) is 176 Å². The Morgan fingerprint density at radius 2 is 0.815 bits per heavy atom. The highest BCUT2D eigenvalue weighted by Crippen LogP contribution is 2.40. The van der Waals surface area contributed by atoms with E-state index in [0.717, 1.165) is 66.9 Å². The van der Waals surface area contributed by atoms with Crippen molar-refractivity contribution in [3.8, 4) is 56.2 Å². The van der Waals surface area contributed by atoms with Gasteiger partial charge in [-0.25, -0.2) is 9.97 Å². The molecule has 0 amide bonds.